The van der Waals surface area contributed by atoms with Crippen LogP contribution in [-0.2, 0) is 4.74 Å². The van der Waals surface area contributed by atoms with E-state index in [0.29, 0.717) is 12.0 Å². The fourth-order valence-electron chi connectivity index (χ4n) is 2.93. The topological polar surface area (TPSA) is 87.6 Å². The molecule has 1 saturated heterocycles. The second-order valence-electron chi connectivity index (χ2n) is 5.31. The molecular weight excluding hydrogens is 274 g/mol. The Labute approximate surface area is 123 Å². The molecule has 21 heavy (non-hydrogen) atoms. The number of aromatic amines is 1. The van der Waals surface area contributed by atoms with E-state index >= 15 is 0 Å². The van der Waals surface area contributed by atoms with E-state index in [0.717, 1.165) is 13.1 Å². The Morgan fingerprint density at radius 2 is 2.10 bits per heavy atom. The number of aryl methyl sites for hydroxylation is 1. The Morgan fingerprint density at radius 3 is 2.67 bits per heavy atom. The zero-order chi connectivity index (χ0) is 15.6. The summed E-state index contributed by atoms with van der Waals surface area (Å²) in [6, 6.07) is 0.0640. The average molecular weight is 297 g/mol. The van der Waals surface area contributed by atoms with Crippen LogP contribution in [0.5, 0.6) is 0 Å². The lowest BCUT2D eigenvalue weighted by atomic mass is 10.1. The molecule has 118 valence electrons. The predicted molar refractivity (Wildman–Crippen MR) is 78.4 cm³/mol. The highest BCUT2D eigenvalue weighted by atomic mass is 16.5. The number of likely N-dealkylation sites (N-methyl/N-ethyl adjacent to an activating group) is 1. The molecular formula is C14H23N3O4. The van der Waals surface area contributed by atoms with E-state index in [1.807, 2.05) is 0 Å². The lowest BCUT2D eigenvalue weighted by Crippen LogP contribution is -2.42. The fraction of sp³-hybridized carbons (Fsp3) is 0.714. The number of hydrogen-bond acceptors (Lipinski definition) is 5. The smallest absolute Gasteiger partial charge is 0.330 e. The number of aliphatic hydroxyl groups excluding tert-OH is 1. The van der Waals surface area contributed by atoms with Gasteiger partial charge in [-0.1, -0.05) is 13.8 Å². The molecule has 0 saturated carbocycles. The first-order valence-corrected chi connectivity index (χ1v) is 7.34. The van der Waals surface area contributed by atoms with E-state index in [2.05, 4.69) is 23.7 Å². The van der Waals surface area contributed by atoms with Crippen LogP contribution in [0.15, 0.2) is 15.8 Å². The van der Waals surface area contributed by atoms with Gasteiger partial charge in [-0.15, -0.1) is 0 Å². The summed E-state index contributed by atoms with van der Waals surface area (Å²) in [5.41, 5.74) is -0.397. The molecule has 0 aliphatic carbocycles. The highest BCUT2D eigenvalue weighted by Gasteiger charge is 2.38. The van der Waals surface area contributed by atoms with Gasteiger partial charge in [-0.25, -0.2) is 4.79 Å². The summed E-state index contributed by atoms with van der Waals surface area (Å²) in [7, 11) is 0. The minimum Gasteiger partial charge on any atom is -0.394 e. The molecule has 1 aromatic heterocycles. The largest absolute Gasteiger partial charge is 0.394 e. The van der Waals surface area contributed by atoms with Gasteiger partial charge in [0.1, 0.15) is 6.23 Å². The van der Waals surface area contributed by atoms with Crippen LogP contribution in [0.3, 0.4) is 0 Å². The summed E-state index contributed by atoms with van der Waals surface area (Å²) >= 11 is 0. The van der Waals surface area contributed by atoms with E-state index in [1.54, 1.807) is 6.92 Å². The van der Waals surface area contributed by atoms with Crippen LogP contribution in [0.1, 0.15) is 32.1 Å². The Hall–Kier alpha value is -1.44. The van der Waals surface area contributed by atoms with Gasteiger partial charge in [-0.05, 0) is 20.0 Å². The van der Waals surface area contributed by atoms with E-state index < -0.39 is 11.9 Å². The number of nitrogens with zero attached hydrogens (tertiary/aromatic N) is 2. The van der Waals surface area contributed by atoms with Crippen LogP contribution < -0.4 is 11.2 Å². The van der Waals surface area contributed by atoms with E-state index in [-0.39, 0.29) is 24.3 Å². The molecule has 1 aliphatic rings. The highest BCUT2D eigenvalue weighted by molar-refractivity contribution is 5.02. The monoisotopic (exact) mass is 297 g/mol. The first-order chi connectivity index (χ1) is 10.0. The molecule has 0 radical (unpaired) electrons. The Balaban J connectivity index is 2.29. The molecule has 7 nitrogen and oxygen atoms in total. The van der Waals surface area contributed by atoms with Gasteiger partial charge in [0.2, 0.25) is 0 Å². The third-order valence-electron chi connectivity index (χ3n) is 4.12. The minimum absolute atomic E-state index is 0.0640. The van der Waals surface area contributed by atoms with E-state index in [1.165, 1.54) is 10.8 Å². The summed E-state index contributed by atoms with van der Waals surface area (Å²) < 4.78 is 7.22. The van der Waals surface area contributed by atoms with Crippen molar-refractivity contribution in [1.82, 2.24) is 14.5 Å². The van der Waals surface area contributed by atoms with Crippen molar-refractivity contribution in [2.45, 2.75) is 45.6 Å². The van der Waals surface area contributed by atoms with Crippen molar-refractivity contribution in [3.63, 3.8) is 0 Å². The van der Waals surface area contributed by atoms with E-state index in [9.17, 15) is 14.7 Å². The summed E-state index contributed by atoms with van der Waals surface area (Å²) in [4.78, 5) is 27.9. The molecule has 1 aliphatic heterocycles. The third-order valence-corrected chi connectivity index (χ3v) is 4.12. The SMILES string of the molecule is CCN(CC)[C@H]1C[C@@H](n2cc(C)c(=O)[nH]c2=O)O[C@@H]1CO. The zero-order valence-corrected chi connectivity index (χ0v) is 12.7. The minimum atomic E-state index is -0.479. The second kappa shape index (κ2) is 6.55. The normalized spacial score (nSPS) is 25.7. The molecule has 0 bridgehead atoms. The molecule has 1 fully saturated rings. The van der Waals surface area contributed by atoms with Crippen LogP contribution in [0.4, 0.5) is 0 Å². The zero-order valence-electron chi connectivity index (χ0n) is 12.7. The molecule has 2 rings (SSSR count). The molecule has 0 unspecified atom stereocenters. The molecule has 0 aromatic carbocycles. The number of aromatic nitrogens is 2. The fourth-order valence-corrected chi connectivity index (χ4v) is 2.93. The van der Waals surface area contributed by atoms with Crippen LogP contribution in [0.25, 0.3) is 0 Å². The Bertz CT molecular complexity index is 591. The van der Waals surface area contributed by atoms with Crippen molar-refractivity contribution in [1.29, 1.82) is 0 Å². The lowest BCUT2D eigenvalue weighted by Gasteiger charge is -2.28. The van der Waals surface area contributed by atoms with Crippen LogP contribution >= 0.6 is 0 Å². The van der Waals surface area contributed by atoms with Crippen molar-refractivity contribution >= 4 is 0 Å². The summed E-state index contributed by atoms with van der Waals surface area (Å²) in [5.74, 6) is 0. The molecule has 2 heterocycles. The number of H-pyrrole nitrogens is 1. The third kappa shape index (κ3) is 3.09. The number of ether oxygens (including phenoxy) is 1. The van der Waals surface area contributed by atoms with Crippen LogP contribution in [0.2, 0.25) is 0 Å². The molecule has 3 atom stereocenters. The van der Waals surface area contributed by atoms with Gasteiger partial charge in [0.25, 0.3) is 5.56 Å². The van der Waals surface area contributed by atoms with Gasteiger partial charge in [-0.2, -0.15) is 0 Å². The summed E-state index contributed by atoms with van der Waals surface area (Å²) in [6.45, 7) is 7.38. The molecule has 0 spiro atoms. The molecule has 1 aromatic rings. The lowest BCUT2D eigenvalue weighted by molar-refractivity contribution is -0.0381. The van der Waals surface area contributed by atoms with Crippen molar-refractivity contribution in [2.75, 3.05) is 19.7 Å². The Kier molecular flexibility index (Phi) is 4.97. The molecule has 0 amide bonds. The molecule has 7 heteroatoms. The first-order valence-electron chi connectivity index (χ1n) is 7.34. The van der Waals surface area contributed by atoms with Crippen LogP contribution in [-0.4, -0.2) is 51.4 Å². The number of rotatable bonds is 5. The highest BCUT2D eigenvalue weighted by Crippen LogP contribution is 2.30. The maximum absolute atomic E-state index is 11.9. The number of hydrogen-bond donors (Lipinski definition) is 2. The maximum Gasteiger partial charge on any atom is 0.330 e. The maximum atomic E-state index is 11.9. The van der Waals surface area contributed by atoms with Crippen molar-refractivity contribution < 1.29 is 9.84 Å². The van der Waals surface area contributed by atoms with Gasteiger partial charge >= 0.3 is 5.69 Å². The van der Waals surface area contributed by atoms with Gasteiger partial charge in [-0.3, -0.25) is 19.2 Å². The van der Waals surface area contributed by atoms with Gasteiger partial charge in [0.05, 0.1) is 12.7 Å². The van der Waals surface area contributed by atoms with Crippen molar-refractivity contribution in [2.24, 2.45) is 0 Å². The van der Waals surface area contributed by atoms with Gasteiger partial charge in [0.15, 0.2) is 0 Å². The number of aliphatic hydroxyl groups is 1. The van der Waals surface area contributed by atoms with E-state index in [4.69, 9.17) is 4.74 Å². The quantitative estimate of drug-likeness (QED) is 0.788. The summed E-state index contributed by atoms with van der Waals surface area (Å²) in [5, 5.41) is 9.51. The van der Waals surface area contributed by atoms with Gasteiger partial charge in [0, 0.05) is 24.2 Å². The summed E-state index contributed by atoms with van der Waals surface area (Å²) in [6.07, 6.45) is 1.34. The van der Waals surface area contributed by atoms with Crippen LogP contribution in [0, 0.1) is 6.92 Å². The number of nitrogens with one attached hydrogen (secondary N) is 1. The van der Waals surface area contributed by atoms with Crippen molar-refractivity contribution in [3.8, 4) is 0 Å². The Morgan fingerprint density at radius 1 is 1.43 bits per heavy atom. The standard InChI is InChI=1S/C14H23N3O4/c1-4-16(5-2)10-6-12(21-11(10)8-18)17-7-9(3)13(19)15-14(17)20/h7,10-12,18H,4-6,8H2,1-3H3,(H,15,19,20)/t10-,11+,12-/m0/s1. The second-order valence-corrected chi connectivity index (χ2v) is 5.31. The van der Waals surface area contributed by atoms with Gasteiger partial charge < -0.3 is 9.84 Å². The predicted octanol–water partition coefficient (Wildman–Crippen LogP) is -0.165. The first kappa shape index (κ1) is 15.9. The molecule has 2 N–H and O–H groups in total. The average Bonchev–Trinajstić information content (AvgIpc) is 2.88. The van der Waals surface area contributed by atoms with Crippen molar-refractivity contribution in [3.05, 3.63) is 32.6 Å².